The molecule has 1 aromatic carbocycles. The van der Waals surface area contributed by atoms with Crippen LogP contribution < -0.4 is 5.73 Å². The Balaban J connectivity index is 2.26. The average molecular weight is 236 g/mol. The number of halogens is 1. The van der Waals surface area contributed by atoms with Gasteiger partial charge in [-0.3, -0.25) is 4.79 Å². The molecule has 2 rings (SSSR count). The third kappa shape index (κ3) is 2.40. The quantitative estimate of drug-likeness (QED) is 0.761. The maximum Gasteiger partial charge on any atom is 0.257 e. The Hall–Kier alpha value is -1.58. The van der Waals surface area contributed by atoms with Gasteiger partial charge in [0.15, 0.2) is 0 Å². The first-order chi connectivity index (χ1) is 8.09. The number of nitrogens with two attached hydrogens (primary N) is 1. The Morgan fingerprint density at radius 3 is 2.94 bits per heavy atom. The largest absolute Gasteiger partial charge is 0.399 e. The number of rotatable bonds is 1. The smallest absolute Gasteiger partial charge is 0.257 e. The molecule has 0 spiro atoms. The van der Waals surface area contributed by atoms with Crippen LogP contribution in [0.3, 0.4) is 0 Å². The molecular formula is C13H17FN2O. The Labute approximate surface area is 100 Å². The van der Waals surface area contributed by atoms with E-state index < -0.39 is 5.82 Å². The predicted molar refractivity (Wildman–Crippen MR) is 65.2 cm³/mol. The van der Waals surface area contributed by atoms with Crippen LogP contribution in [-0.2, 0) is 0 Å². The molecule has 1 unspecified atom stereocenters. The molecule has 0 radical (unpaired) electrons. The fourth-order valence-corrected chi connectivity index (χ4v) is 2.26. The number of likely N-dealkylation sites (tertiary alicyclic amines) is 1. The first-order valence-corrected chi connectivity index (χ1v) is 5.95. The van der Waals surface area contributed by atoms with Gasteiger partial charge in [-0.2, -0.15) is 0 Å². The van der Waals surface area contributed by atoms with Crippen LogP contribution in [0.4, 0.5) is 10.1 Å². The number of amides is 1. The molecule has 0 saturated carbocycles. The van der Waals surface area contributed by atoms with E-state index in [4.69, 9.17) is 5.73 Å². The molecule has 0 aliphatic carbocycles. The van der Waals surface area contributed by atoms with Gasteiger partial charge in [-0.15, -0.1) is 0 Å². The molecule has 92 valence electrons. The monoisotopic (exact) mass is 236 g/mol. The first-order valence-electron chi connectivity index (χ1n) is 5.95. The standard InChI is InChI=1S/C13H17FN2O/c1-9-4-2-3-7-16(9)13(17)11-8-10(15)5-6-12(11)14/h5-6,8-9H,2-4,7,15H2,1H3. The van der Waals surface area contributed by atoms with E-state index in [9.17, 15) is 9.18 Å². The fraction of sp³-hybridized carbons (Fsp3) is 0.462. The number of hydrogen-bond donors (Lipinski definition) is 1. The molecule has 17 heavy (non-hydrogen) atoms. The van der Waals surface area contributed by atoms with Crippen molar-refractivity contribution < 1.29 is 9.18 Å². The van der Waals surface area contributed by atoms with Crippen LogP contribution >= 0.6 is 0 Å². The van der Waals surface area contributed by atoms with Crippen molar-refractivity contribution in [2.45, 2.75) is 32.2 Å². The highest BCUT2D eigenvalue weighted by atomic mass is 19.1. The topological polar surface area (TPSA) is 46.3 Å². The minimum Gasteiger partial charge on any atom is -0.399 e. The fourth-order valence-electron chi connectivity index (χ4n) is 2.26. The molecular weight excluding hydrogens is 219 g/mol. The predicted octanol–water partition coefficient (Wildman–Crippen LogP) is 2.42. The number of benzene rings is 1. The molecule has 0 bridgehead atoms. The van der Waals surface area contributed by atoms with Crippen molar-refractivity contribution in [2.24, 2.45) is 0 Å². The van der Waals surface area contributed by atoms with Gasteiger partial charge in [-0.1, -0.05) is 0 Å². The SMILES string of the molecule is CC1CCCCN1C(=O)c1cc(N)ccc1F. The van der Waals surface area contributed by atoms with Gasteiger partial charge in [-0.05, 0) is 44.4 Å². The van der Waals surface area contributed by atoms with Gasteiger partial charge in [0.25, 0.3) is 5.91 Å². The summed E-state index contributed by atoms with van der Waals surface area (Å²) in [5.74, 6) is -0.746. The zero-order valence-electron chi connectivity index (χ0n) is 9.95. The molecule has 1 aliphatic rings. The molecule has 0 aromatic heterocycles. The molecule has 1 fully saturated rings. The Kier molecular flexibility index (Phi) is 3.31. The van der Waals surface area contributed by atoms with Crippen molar-refractivity contribution in [1.29, 1.82) is 0 Å². The van der Waals surface area contributed by atoms with Gasteiger partial charge in [0.1, 0.15) is 5.82 Å². The van der Waals surface area contributed by atoms with Crippen LogP contribution in [0.15, 0.2) is 18.2 Å². The molecule has 1 aromatic rings. The van der Waals surface area contributed by atoms with Crippen LogP contribution in [0.25, 0.3) is 0 Å². The van der Waals surface area contributed by atoms with Gasteiger partial charge < -0.3 is 10.6 Å². The molecule has 1 aliphatic heterocycles. The zero-order valence-corrected chi connectivity index (χ0v) is 9.95. The van der Waals surface area contributed by atoms with Crippen molar-refractivity contribution >= 4 is 11.6 Å². The highest BCUT2D eigenvalue weighted by molar-refractivity contribution is 5.95. The third-order valence-corrected chi connectivity index (χ3v) is 3.28. The summed E-state index contributed by atoms with van der Waals surface area (Å²) in [4.78, 5) is 14.0. The maximum absolute atomic E-state index is 13.6. The summed E-state index contributed by atoms with van der Waals surface area (Å²) in [6, 6.07) is 4.30. The van der Waals surface area contributed by atoms with E-state index in [-0.39, 0.29) is 17.5 Å². The number of nitrogens with zero attached hydrogens (tertiary/aromatic N) is 1. The number of anilines is 1. The minimum atomic E-state index is -0.498. The molecule has 1 heterocycles. The number of carbonyl (C=O) groups excluding carboxylic acids is 1. The molecule has 4 heteroatoms. The van der Waals surface area contributed by atoms with Crippen LogP contribution in [0.1, 0.15) is 36.5 Å². The van der Waals surface area contributed by atoms with Gasteiger partial charge in [0.05, 0.1) is 5.56 Å². The van der Waals surface area contributed by atoms with E-state index >= 15 is 0 Å². The van der Waals surface area contributed by atoms with Crippen molar-refractivity contribution in [2.75, 3.05) is 12.3 Å². The highest BCUT2D eigenvalue weighted by Gasteiger charge is 2.26. The Morgan fingerprint density at radius 1 is 1.47 bits per heavy atom. The lowest BCUT2D eigenvalue weighted by molar-refractivity contribution is 0.0631. The normalized spacial score (nSPS) is 20.4. The highest BCUT2D eigenvalue weighted by Crippen LogP contribution is 2.21. The lowest BCUT2D eigenvalue weighted by atomic mass is 10.0. The Bertz CT molecular complexity index is 433. The van der Waals surface area contributed by atoms with Crippen LogP contribution in [0, 0.1) is 5.82 Å². The number of hydrogen-bond acceptors (Lipinski definition) is 2. The maximum atomic E-state index is 13.6. The van der Waals surface area contributed by atoms with Crippen molar-refractivity contribution in [3.05, 3.63) is 29.6 Å². The minimum absolute atomic E-state index is 0.0822. The average Bonchev–Trinajstić information content (AvgIpc) is 2.32. The second-order valence-corrected chi connectivity index (χ2v) is 4.58. The lowest BCUT2D eigenvalue weighted by Crippen LogP contribution is -2.42. The van der Waals surface area contributed by atoms with E-state index in [2.05, 4.69) is 0 Å². The summed E-state index contributed by atoms with van der Waals surface area (Å²) in [5, 5.41) is 0. The van der Waals surface area contributed by atoms with E-state index in [1.165, 1.54) is 18.2 Å². The third-order valence-electron chi connectivity index (χ3n) is 3.28. The number of carbonyl (C=O) groups is 1. The van der Waals surface area contributed by atoms with Crippen molar-refractivity contribution in [3.8, 4) is 0 Å². The summed E-state index contributed by atoms with van der Waals surface area (Å²) in [5.41, 5.74) is 6.09. The van der Waals surface area contributed by atoms with E-state index in [0.717, 1.165) is 19.3 Å². The van der Waals surface area contributed by atoms with Crippen molar-refractivity contribution in [1.82, 2.24) is 4.90 Å². The van der Waals surface area contributed by atoms with Crippen LogP contribution in [0.2, 0.25) is 0 Å². The molecule has 2 N–H and O–H groups in total. The number of piperidine rings is 1. The van der Waals surface area contributed by atoms with E-state index in [0.29, 0.717) is 12.2 Å². The van der Waals surface area contributed by atoms with Crippen molar-refractivity contribution in [3.63, 3.8) is 0 Å². The summed E-state index contributed by atoms with van der Waals surface area (Å²) in [7, 11) is 0. The van der Waals surface area contributed by atoms with Gasteiger partial charge >= 0.3 is 0 Å². The molecule has 1 atom stereocenters. The zero-order chi connectivity index (χ0) is 12.4. The first kappa shape index (κ1) is 11.9. The Morgan fingerprint density at radius 2 is 2.24 bits per heavy atom. The van der Waals surface area contributed by atoms with Crippen LogP contribution in [-0.4, -0.2) is 23.4 Å². The second kappa shape index (κ2) is 4.73. The second-order valence-electron chi connectivity index (χ2n) is 4.58. The van der Waals surface area contributed by atoms with Gasteiger partial charge in [0, 0.05) is 18.3 Å². The van der Waals surface area contributed by atoms with E-state index in [1.807, 2.05) is 6.92 Å². The molecule has 1 amide bonds. The van der Waals surface area contributed by atoms with E-state index in [1.54, 1.807) is 4.90 Å². The lowest BCUT2D eigenvalue weighted by Gasteiger charge is -2.33. The summed E-state index contributed by atoms with van der Waals surface area (Å²) in [6.07, 6.45) is 3.10. The van der Waals surface area contributed by atoms with Gasteiger partial charge in [0.2, 0.25) is 0 Å². The molecule has 3 nitrogen and oxygen atoms in total. The summed E-state index contributed by atoms with van der Waals surface area (Å²) in [6.45, 7) is 2.70. The number of nitrogen functional groups attached to an aromatic ring is 1. The molecule has 1 saturated heterocycles. The summed E-state index contributed by atoms with van der Waals surface area (Å²) < 4.78 is 13.6. The summed E-state index contributed by atoms with van der Waals surface area (Å²) >= 11 is 0. The van der Waals surface area contributed by atoms with Crippen LogP contribution in [0.5, 0.6) is 0 Å². The van der Waals surface area contributed by atoms with Gasteiger partial charge in [-0.25, -0.2) is 4.39 Å².